The highest BCUT2D eigenvalue weighted by molar-refractivity contribution is 7.92. The molecule has 0 amide bonds. The molecule has 1 saturated heterocycles. The van der Waals surface area contributed by atoms with Crippen molar-refractivity contribution in [3.8, 4) is 0 Å². The van der Waals surface area contributed by atoms with Gasteiger partial charge in [-0.2, -0.15) is 4.98 Å². The van der Waals surface area contributed by atoms with Crippen molar-refractivity contribution in [1.29, 1.82) is 0 Å². The van der Waals surface area contributed by atoms with Gasteiger partial charge in [0, 0.05) is 18.9 Å². The van der Waals surface area contributed by atoms with E-state index in [1.165, 1.54) is 0 Å². The first-order valence-electron chi connectivity index (χ1n) is 6.26. The van der Waals surface area contributed by atoms with Crippen molar-refractivity contribution >= 4 is 9.84 Å². The second kappa shape index (κ2) is 5.36. The molecule has 0 aromatic carbocycles. The number of hydrogen-bond acceptors (Lipinski definition) is 6. The van der Waals surface area contributed by atoms with Crippen LogP contribution in [0.2, 0.25) is 0 Å². The number of sulfone groups is 1. The van der Waals surface area contributed by atoms with Gasteiger partial charge >= 0.3 is 0 Å². The fourth-order valence-corrected chi connectivity index (χ4v) is 4.05. The molecule has 0 spiro atoms. The summed E-state index contributed by atoms with van der Waals surface area (Å²) < 4.78 is 28.8. The molecule has 2 heterocycles. The van der Waals surface area contributed by atoms with E-state index in [9.17, 15) is 8.42 Å². The summed E-state index contributed by atoms with van der Waals surface area (Å²) in [6.07, 6.45) is 3.28. The lowest BCUT2D eigenvalue weighted by Gasteiger charge is -2.20. The third-order valence-corrected chi connectivity index (χ3v) is 5.41. The summed E-state index contributed by atoms with van der Waals surface area (Å²) in [5, 5.41) is 3.47. The van der Waals surface area contributed by atoms with Crippen molar-refractivity contribution in [1.82, 2.24) is 10.1 Å². The molecule has 2 unspecified atom stereocenters. The van der Waals surface area contributed by atoms with Gasteiger partial charge in [0.2, 0.25) is 5.89 Å². The molecule has 0 aliphatic carbocycles. The zero-order chi connectivity index (χ0) is 13.2. The Balaban J connectivity index is 2.02. The molecule has 6 nitrogen and oxygen atoms in total. The molecule has 0 saturated carbocycles. The maximum Gasteiger partial charge on any atom is 0.228 e. The van der Waals surface area contributed by atoms with E-state index in [1.54, 1.807) is 0 Å². The standard InChI is InChI=1S/C11H19N3O3S/c1-8(12)6-11-13-10(14-17-11)7-9-4-2-3-5-18(9,15)16/h8-9H,2-7,12H2,1H3. The highest BCUT2D eigenvalue weighted by atomic mass is 32.2. The van der Waals surface area contributed by atoms with Crippen LogP contribution in [-0.2, 0) is 22.7 Å². The molecular formula is C11H19N3O3S. The molecule has 0 bridgehead atoms. The van der Waals surface area contributed by atoms with Crippen molar-refractivity contribution in [3.63, 3.8) is 0 Å². The van der Waals surface area contributed by atoms with E-state index in [4.69, 9.17) is 10.3 Å². The van der Waals surface area contributed by atoms with Crippen LogP contribution >= 0.6 is 0 Å². The van der Waals surface area contributed by atoms with Crippen molar-refractivity contribution in [2.75, 3.05) is 5.75 Å². The molecule has 7 heteroatoms. The van der Waals surface area contributed by atoms with Crippen LogP contribution in [0.1, 0.15) is 37.9 Å². The lowest BCUT2D eigenvalue weighted by atomic mass is 10.1. The predicted octanol–water partition coefficient (Wildman–Crippen LogP) is 0.469. The van der Waals surface area contributed by atoms with E-state index >= 15 is 0 Å². The third kappa shape index (κ3) is 3.29. The molecule has 18 heavy (non-hydrogen) atoms. The molecule has 2 N–H and O–H groups in total. The Bertz CT molecular complexity index is 495. The largest absolute Gasteiger partial charge is 0.339 e. The average Bonchev–Trinajstić information content (AvgIpc) is 2.68. The number of nitrogens with two attached hydrogens (primary N) is 1. The molecule has 2 atom stereocenters. The predicted molar refractivity (Wildman–Crippen MR) is 66.8 cm³/mol. The van der Waals surface area contributed by atoms with Crippen molar-refractivity contribution in [2.45, 2.75) is 50.3 Å². The Kier molecular flexibility index (Phi) is 4.01. The van der Waals surface area contributed by atoms with E-state index in [1.807, 2.05) is 6.92 Å². The van der Waals surface area contributed by atoms with Gasteiger partial charge in [-0.1, -0.05) is 11.6 Å². The molecule has 1 aliphatic heterocycles. The van der Waals surface area contributed by atoms with Gasteiger partial charge in [-0.15, -0.1) is 0 Å². The minimum atomic E-state index is -2.98. The molecule has 0 radical (unpaired) electrons. The molecule has 1 aromatic rings. The maximum atomic E-state index is 11.9. The van der Waals surface area contributed by atoms with Crippen LogP contribution in [0.15, 0.2) is 4.52 Å². The summed E-state index contributed by atoms with van der Waals surface area (Å²) >= 11 is 0. The van der Waals surface area contributed by atoms with E-state index in [0.29, 0.717) is 31.0 Å². The molecule has 1 fully saturated rings. The molecule has 2 rings (SSSR count). The van der Waals surface area contributed by atoms with Crippen molar-refractivity contribution < 1.29 is 12.9 Å². The SMILES string of the molecule is CC(N)Cc1nc(CC2CCCCS2(=O)=O)no1. The van der Waals surface area contributed by atoms with E-state index in [2.05, 4.69) is 10.1 Å². The first-order valence-corrected chi connectivity index (χ1v) is 7.97. The molecule has 1 aliphatic rings. The summed E-state index contributed by atoms with van der Waals surface area (Å²) in [5.74, 6) is 1.23. The van der Waals surface area contributed by atoms with Crippen LogP contribution in [-0.4, -0.2) is 35.6 Å². The quantitative estimate of drug-likeness (QED) is 0.856. The van der Waals surface area contributed by atoms with Crippen LogP contribution in [0.5, 0.6) is 0 Å². The lowest BCUT2D eigenvalue weighted by molar-refractivity contribution is 0.366. The Morgan fingerprint density at radius 3 is 2.94 bits per heavy atom. The second-order valence-electron chi connectivity index (χ2n) is 4.97. The minimum absolute atomic E-state index is 0.0447. The van der Waals surface area contributed by atoms with Gasteiger partial charge in [-0.25, -0.2) is 8.42 Å². The van der Waals surface area contributed by atoms with Crippen molar-refractivity contribution in [2.24, 2.45) is 5.73 Å². The van der Waals surface area contributed by atoms with Gasteiger partial charge in [-0.3, -0.25) is 0 Å². The van der Waals surface area contributed by atoms with Crippen LogP contribution in [0.3, 0.4) is 0 Å². The van der Waals surface area contributed by atoms with Crippen LogP contribution in [0, 0.1) is 0 Å². The fourth-order valence-electron chi connectivity index (χ4n) is 2.19. The van der Waals surface area contributed by atoms with Gasteiger partial charge in [0.1, 0.15) is 0 Å². The van der Waals surface area contributed by atoms with Gasteiger partial charge in [0.15, 0.2) is 15.7 Å². The van der Waals surface area contributed by atoms with E-state index in [-0.39, 0.29) is 17.0 Å². The smallest absolute Gasteiger partial charge is 0.228 e. The lowest BCUT2D eigenvalue weighted by Crippen LogP contribution is -2.30. The Morgan fingerprint density at radius 1 is 1.50 bits per heavy atom. The fraction of sp³-hybridized carbons (Fsp3) is 0.818. The Hall–Kier alpha value is -0.950. The summed E-state index contributed by atoms with van der Waals surface area (Å²) in [7, 11) is -2.98. The zero-order valence-corrected chi connectivity index (χ0v) is 11.3. The molecule has 102 valence electrons. The Morgan fingerprint density at radius 2 is 2.28 bits per heavy atom. The maximum absolute atomic E-state index is 11.9. The van der Waals surface area contributed by atoms with Crippen LogP contribution in [0.4, 0.5) is 0 Å². The molecular weight excluding hydrogens is 254 g/mol. The number of aromatic nitrogens is 2. The summed E-state index contributed by atoms with van der Waals surface area (Å²) in [6.45, 7) is 1.86. The van der Waals surface area contributed by atoms with E-state index < -0.39 is 9.84 Å². The minimum Gasteiger partial charge on any atom is -0.339 e. The highest BCUT2D eigenvalue weighted by Crippen LogP contribution is 2.22. The summed E-state index contributed by atoms with van der Waals surface area (Å²) in [5.41, 5.74) is 5.64. The number of hydrogen-bond donors (Lipinski definition) is 1. The first-order chi connectivity index (χ1) is 8.47. The van der Waals surface area contributed by atoms with Gasteiger partial charge < -0.3 is 10.3 Å². The third-order valence-electron chi connectivity index (χ3n) is 3.13. The highest BCUT2D eigenvalue weighted by Gasteiger charge is 2.30. The van der Waals surface area contributed by atoms with E-state index in [0.717, 1.165) is 12.8 Å². The second-order valence-corrected chi connectivity index (χ2v) is 7.38. The van der Waals surface area contributed by atoms with Gasteiger partial charge in [-0.05, 0) is 19.8 Å². The van der Waals surface area contributed by atoms with Crippen molar-refractivity contribution in [3.05, 3.63) is 11.7 Å². The first kappa shape index (κ1) is 13.5. The molecule has 1 aromatic heterocycles. The van der Waals surface area contributed by atoms with Crippen LogP contribution < -0.4 is 5.73 Å². The van der Waals surface area contributed by atoms with Crippen LogP contribution in [0.25, 0.3) is 0 Å². The topological polar surface area (TPSA) is 99.1 Å². The number of rotatable bonds is 4. The zero-order valence-electron chi connectivity index (χ0n) is 10.5. The summed E-state index contributed by atoms with van der Waals surface area (Å²) in [6, 6.07) is -0.0447. The normalized spacial score (nSPS) is 24.9. The Labute approximate surface area is 107 Å². The number of nitrogens with zero attached hydrogens (tertiary/aromatic N) is 2. The summed E-state index contributed by atoms with van der Waals surface area (Å²) in [4.78, 5) is 4.19. The average molecular weight is 273 g/mol. The van der Waals surface area contributed by atoms with Gasteiger partial charge in [0.05, 0.1) is 11.0 Å². The van der Waals surface area contributed by atoms with Gasteiger partial charge in [0.25, 0.3) is 0 Å². The monoisotopic (exact) mass is 273 g/mol.